The van der Waals surface area contributed by atoms with E-state index >= 15 is 0 Å². The van der Waals surface area contributed by atoms with Gasteiger partial charge in [-0.1, -0.05) is 47.0 Å². The summed E-state index contributed by atoms with van der Waals surface area (Å²) in [6.45, 7) is 16.5. The first-order chi connectivity index (χ1) is 8.93. The van der Waals surface area contributed by atoms with Gasteiger partial charge in [-0.05, 0) is 32.6 Å². The summed E-state index contributed by atoms with van der Waals surface area (Å²) in [5.41, 5.74) is 0.310. The van der Waals surface area contributed by atoms with Crippen LogP contribution in [0.25, 0.3) is 0 Å². The summed E-state index contributed by atoms with van der Waals surface area (Å²) in [5.74, 6) is 0.738. The van der Waals surface area contributed by atoms with Crippen molar-refractivity contribution >= 4 is 0 Å². The molecule has 2 nitrogen and oxygen atoms in total. The maximum Gasteiger partial charge on any atom is 0.0278 e. The molecular formula is C17H36N2. The molecule has 0 radical (unpaired) electrons. The van der Waals surface area contributed by atoms with E-state index in [0.29, 0.717) is 11.6 Å². The Kier molecular flexibility index (Phi) is 6.82. The fraction of sp³-hybridized carbons (Fsp3) is 1.00. The summed E-state index contributed by atoms with van der Waals surface area (Å²) in [5, 5.41) is 3.79. The van der Waals surface area contributed by atoms with Crippen molar-refractivity contribution in [2.45, 2.75) is 91.3 Å². The van der Waals surface area contributed by atoms with Gasteiger partial charge in [-0.2, -0.15) is 0 Å². The van der Waals surface area contributed by atoms with Crippen LogP contribution in [0.2, 0.25) is 0 Å². The van der Waals surface area contributed by atoms with E-state index in [4.69, 9.17) is 0 Å². The van der Waals surface area contributed by atoms with Crippen molar-refractivity contribution in [2.24, 2.45) is 5.92 Å². The Morgan fingerprint density at radius 1 is 1.21 bits per heavy atom. The number of nitrogens with one attached hydrogen (secondary N) is 1. The molecule has 2 heteroatoms. The number of rotatable bonds is 7. The number of hydrogen-bond acceptors (Lipinski definition) is 2. The van der Waals surface area contributed by atoms with Crippen LogP contribution in [-0.2, 0) is 0 Å². The van der Waals surface area contributed by atoms with Crippen molar-refractivity contribution in [3.8, 4) is 0 Å². The molecule has 0 saturated carbocycles. The highest BCUT2D eigenvalue weighted by Crippen LogP contribution is 2.26. The standard InChI is InChI=1S/C17H36N2/c1-7-9-10-11-15(5)19-13-17(6,8-2)18-12-16(19)14(3)4/h14-16,18H,7-13H2,1-6H3. The monoisotopic (exact) mass is 268 g/mol. The second-order valence-corrected chi connectivity index (χ2v) is 7.12. The van der Waals surface area contributed by atoms with Crippen LogP contribution >= 0.6 is 0 Å². The maximum atomic E-state index is 3.79. The van der Waals surface area contributed by atoms with Gasteiger partial charge in [0.05, 0.1) is 0 Å². The number of hydrogen-bond donors (Lipinski definition) is 1. The van der Waals surface area contributed by atoms with Crippen LogP contribution in [0.15, 0.2) is 0 Å². The third-order valence-electron chi connectivity index (χ3n) is 5.04. The van der Waals surface area contributed by atoms with Crippen LogP contribution in [-0.4, -0.2) is 35.6 Å². The first-order valence-corrected chi connectivity index (χ1v) is 8.44. The zero-order chi connectivity index (χ0) is 14.5. The largest absolute Gasteiger partial charge is 0.309 e. The van der Waals surface area contributed by atoms with Crippen molar-refractivity contribution in [1.29, 1.82) is 0 Å². The van der Waals surface area contributed by atoms with Crippen molar-refractivity contribution in [1.82, 2.24) is 10.2 Å². The molecule has 1 saturated heterocycles. The van der Waals surface area contributed by atoms with Gasteiger partial charge in [-0.3, -0.25) is 4.90 Å². The van der Waals surface area contributed by atoms with E-state index in [0.717, 1.165) is 18.5 Å². The smallest absolute Gasteiger partial charge is 0.0278 e. The van der Waals surface area contributed by atoms with E-state index in [1.807, 2.05) is 0 Å². The van der Waals surface area contributed by atoms with Crippen LogP contribution in [0.1, 0.15) is 73.6 Å². The summed E-state index contributed by atoms with van der Waals surface area (Å²) >= 11 is 0. The molecule has 1 fully saturated rings. The molecule has 114 valence electrons. The third kappa shape index (κ3) is 4.75. The Hall–Kier alpha value is -0.0800. The lowest BCUT2D eigenvalue weighted by Crippen LogP contribution is -2.65. The van der Waals surface area contributed by atoms with Crippen molar-refractivity contribution in [3.05, 3.63) is 0 Å². The van der Waals surface area contributed by atoms with Crippen molar-refractivity contribution < 1.29 is 0 Å². The van der Waals surface area contributed by atoms with Gasteiger partial charge < -0.3 is 5.32 Å². The van der Waals surface area contributed by atoms with Crippen molar-refractivity contribution in [2.75, 3.05) is 13.1 Å². The van der Waals surface area contributed by atoms with E-state index in [9.17, 15) is 0 Å². The molecule has 1 heterocycles. The Morgan fingerprint density at radius 3 is 2.42 bits per heavy atom. The first-order valence-electron chi connectivity index (χ1n) is 8.44. The summed E-state index contributed by atoms with van der Waals surface area (Å²) in [7, 11) is 0. The zero-order valence-corrected chi connectivity index (χ0v) is 14.1. The summed E-state index contributed by atoms with van der Waals surface area (Å²) in [6.07, 6.45) is 6.67. The minimum Gasteiger partial charge on any atom is -0.309 e. The van der Waals surface area contributed by atoms with E-state index in [1.54, 1.807) is 0 Å². The van der Waals surface area contributed by atoms with E-state index in [2.05, 4.69) is 51.8 Å². The van der Waals surface area contributed by atoms with E-state index in [-0.39, 0.29) is 0 Å². The maximum absolute atomic E-state index is 3.79. The molecule has 3 atom stereocenters. The molecule has 3 unspecified atom stereocenters. The van der Waals surface area contributed by atoms with Crippen LogP contribution in [0, 0.1) is 5.92 Å². The molecule has 19 heavy (non-hydrogen) atoms. The van der Waals surface area contributed by atoms with Gasteiger partial charge in [0.1, 0.15) is 0 Å². The fourth-order valence-corrected chi connectivity index (χ4v) is 3.24. The highest BCUT2D eigenvalue weighted by atomic mass is 15.3. The number of nitrogens with zero attached hydrogens (tertiary/aromatic N) is 1. The summed E-state index contributed by atoms with van der Waals surface area (Å²) < 4.78 is 0. The highest BCUT2D eigenvalue weighted by molar-refractivity contribution is 4.96. The molecule has 1 aliphatic heterocycles. The molecule has 1 aliphatic rings. The minimum atomic E-state index is 0.310. The van der Waals surface area contributed by atoms with E-state index in [1.165, 1.54) is 38.6 Å². The number of piperazine rings is 1. The van der Waals surface area contributed by atoms with Gasteiger partial charge in [0, 0.05) is 30.7 Å². The lowest BCUT2D eigenvalue weighted by molar-refractivity contribution is 0.0267. The van der Waals surface area contributed by atoms with Gasteiger partial charge in [0.15, 0.2) is 0 Å². The molecular weight excluding hydrogens is 232 g/mol. The SMILES string of the molecule is CCCCCC(C)N1CC(C)(CC)NCC1C(C)C. The van der Waals surface area contributed by atoms with Gasteiger partial charge in [-0.15, -0.1) is 0 Å². The predicted octanol–water partition coefficient (Wildman–Crippen LogP) is 4.05. The van der Waals surface area contributed by atoms with Crippen LogP contribution in [0.3, 0.4) is 0 Å². The molecule has 0 amide bonds. The molecule has 1 N–H and O–H groups in total. The van der Waals surface area contributed by atoms with Crippen LogP contribution in [0.4, 0.5) is 0 Å². The topological polar surface area (TPSA) is 15.3 Å². The lowest BCUT2D eigenvalue weighted by Gasteiger charge is -2.50. The lowest BCUT2D eigenvalue weighted by atomic mass is 9.88. The summed E-state index contributed by atoms with van der Waals surface area (Å²) in [6, 6.07) is 1.43. The average Bonchev–Trinajstić information content (AvgIpc) is 2.38. The quantitative estimate of drug-likeness (QED) is 0.701. The second-order valence-electron chi connectivity index (χ2n) is 7.12. The summed E-state index contributed by atoms with van der Waals surface area (Å²) in [4.78, 5) is 2.79. The van der Waals surface area contributed by atoms with Crippen LogP contribution < -0.4 is 5.32 Å². The predicted molar refractivity (Wildman–Crippen MR) is 85.6 cm³/mol. The molecule has 0 spiro atoms. The molecule has 0 aromatic heterocycles. The molecule has 1 rings (SSSR count). The Morgan fingerprint density at radius 2 is 1.89 bits per heavy atom. The van der Waals surface area contributed by atoms with Gasteiger partial charge in [0.2, 0.25) is 0 Å². The Labute approximate surface area is 121 Å². The highest BCUT2D eigenvalue weighted by Gasteiger charge is 2.37. The molecule has 0 aromatic carbocycles. The third-order valence-corrected chi connectivity index (χ3v) is 5.04. The Bertz CT molecular complexity index is 252. The number of unbranched alkanes of at least 4 members (excludes halogenated alkanes) is 2. The fourth-order valence-electron chi connectivity index (χ4n) is 3.24. The molecule has 0 aliphatic carbocycles. The Balaban J connectivity index is 2.65. The van der Waals surface area contributed by atoms with Gasteiger partial charge in [0.25, 0.3) is 0 Å². The van der Waals surface area contributed by atoms with Gasteiger partial charge in [-0.25, -0.2) is 0 Å². The molecule has 0 bridgehead atoms. The second kappa shape index (κ2) is 7.64. The zero-order valence-electron chi connectivity index (χ0n) is 14.1. The molecule has 0 aromatic rings. The van der Waals surface area contributed by atoms with E-state index < -0.39 is 0 Å². The van der Waals surface area contributed by atoms with Crippen LogP contribution in [0.5, 0.6) is 0 Å². The minimum absolute atomic E-state index is 0.310. The van der Waals surface area contributed by atoms with Crippen molar-refractivity contribution in [3.63, 3.8) is 0 Å². The average molecular weight is 268 g/mol. The van der Waals surface area contributed by atoms with Gasteiger partial charge >= 0.3 is 0 Å². The normalized spacial score (nSPS) is 30.8. The first kappa shape index (κ1) is 17.0.